The molecule has 1 aliphatic rings. The van der Waals surface area contributed by atoms with Crippen molar-refractivity contribution in [1.29, 1.82) is 0 Å². The fourth-order valence-electron chi connectivity index (χ4n) is 2.23. The Hall–Kier alpha value is -3.68. The van der Waals surface area contributed by atoms with Crippen molar-refractivity contribution in [3.8, 4) is 0 Å². The van der Waals surface area contributed by atoms with Gasteiger partial charge in [0, 0.05) is 23.3 Å². The Labute approximate surface area is 148 Å². The summed E-state index contributed by atoms with van der Waals surface area (Å²) in [5, 5.41) is 14.7. The minimum atomic E-state index is -0.739. The van der Waals surface area contributed by atoms with Crippen LogP contribution in [0.1, 0.15) is 18.1 Å². The van der Waals surface area contributed by atoms with Gasteiger partial charge in [-0.1, -0.05) is 18.2 Å². The van der Waals surface area contributed by atoms with Gasteiger partial charge in [0.05, 0.1) is 11.5 Å². The topological polar surface area (TPSA) is 100 Å². The number of nitro groups is 1. The number of non-ortho nitro benzene ring substituents is 1. The van der Waals surface area contributed by atoms with Gasteiger partial charge in [-0.25, -0.2) is 4.79 Å². The van der Waals surface area contributed by atoms with Gasteiger partial charge in [-0.3, -0.25) is 10.1 Å². The fourth-order valence-corrected chi connectivity index (χ4v) is 2.23. The number of ether oxygens (including phenoxy) is 2. The number of nitrogens with zero attached hydrogens (tertiary/aromatic N) is 2. The van der Waals surface area contributed by atoms with Crippen molar-refractivity contribution in [2.45, 2.75) is 6.92 Å². The molecule has 0 amide bonds. The highest BCUT2D eigenvalue weighted by Gasteiger charge is 2.29. The summed E-state index contributed by atoms with van der Waals surface area (Å²) < 4.78 is 10.7. The average Bonchev–Trinajstić information content (AvgIpc) is 2.68. The number of carbonyl (C=O) groups excluding carboxylic acids is 1. The van der Waals surface area contributed by atoms with Crippen LogP contribution in [-0.2, 0) is 19.1 Å². The van der Waals surface area contributed by atoms with Crippen LogP contribution in [0.25, 0.3) is 5.76 Å². The normalized spacial score (nSPS) is 13.3. The van der Waals surface area contributed by atoms with E-state index in [1.165, 1.54) is 24.3 Å². The summed E-state index contributed by atoms with van der Waals surface area (Å²) in [6.45, 7) is 1.81. The molecule has 2 aromatic rings. The predicted octanol–water partition coefficient (Wildman–Crippen LogP) is 3.24. The molecule has 0 fully saturated rings. The van der Waals surface area contributed by atoms with Crippen molar-refractivity contribution in [3.63, 3.8) is 0 Å². The molecule has 3 rings (SSSR count). The van der Waals surface area contributed by atoms with Crippen LogP contribution in [0.3, 0.4) is 0 Å². The average molecular weight is 354 g/mol. The molecule has 0 radical (unpaired) electrons. The lowest BCUT2D eigenvalue weighted by molar-refractivity contribution is -0.384. The Balaban J connectivity index is 1.99. The largest absolute Gasteiger partial charge is 0.460 e. The summed E-state index contributed by atoms with van der Waals surface area (Å²) in [6, 6.07) is 14.5. The Morgan fingerprint density at radius 2 is 1.81 bits per heavy atom. The van der Waals surface area contributed by atoms with Crippen LogP contribution in [0.5, 0.6) is 0 Å². The summed E-state index contributed by atoms with van der Waals surface area (Å²) in [5.41, 5.74) is 0.984. The van der Waals surface area contributed by atoms with Gasteiger partial charge < -0.3 is 14.3 Å². The van der Waals surface area contributed by atoms with Crippen molar-refractivity contribution in [2.75, 3.05) is 6.61 Å². The van der Waals surface area contributed by atoms with Crippen molar-refractivity contribution in [3.05, 3.63) is 81.6 Å². The van der Waals surface area contributed by atoms with Crippen LogP contribution >= 0.6 is 0 Å². The van der Waals surface area contributed by atoms with E-state index >= 15 is 0 Å². The molecular formula is C18H14N2O6. The zero-order chi connectivity index (χ0) is 18.5. The molecule has 1 aliphatic heterocycles. The number of benzene rings is 2. The van der Waals surface area contributed by atoms with E-state index < -0.39 is 10.9 Å². The molecule has 8 heteroatoms. The third-order valence-corrected chi connectivity index (χ3v) is 3.45. The van der Waals surface area contributed by atoms with Crippen molar-refractivity contribution < 1.29 is 24.0 Å². The molecule has 1 heterocycles. The summed E-state index contributed by atoms with van der Waals surface area (Å²) in [4.78, 5) is 27.7. The molecule has 0 aliphatic carbocycles. The first-order valence-electron chi connectivity index (χ1n) is 7.74. The van der Waals surface area contributed by atoms with Gasteiger partial charge in [-0.05, 0) is 36.3 Å². The number of hydrogen-bond acceptors (Lipinski definition) is 7. The van der Waals surface area contributed by atoms with E-state index in [4.69, 9.17) is 14.3 Å². The van der Waals surface area contributed by atoms with Gasteiger partial charge in [-0.2, -0.15) is 0 Å². The van der Waals surface area contributed by atoms with Crippen LogP contribution in [0.15, 0.2) is 65.5 Å². The summed E-state index contributed by atoms with van der Waals surface area (Å²) in [6.07, 6.45) is 0. The second-order valence-corrected chi connectivity index (χ2v) is 5.14. The Kier molecular flexibility index (Phi) is 4.93. The molecule has 0 bridgehead atoms. The number of rotatable bonds is 5. The van der Waals surface area contributed by atoms with Crippen molar-refractivity contribution >= 4 is 23.3 Å². The van der Waals surface area contributed by atoms with Crippen LogP contribution in [0.4, 0.5) is 5.69 Å². The highest BCUT2D eigenvalue weighted by molar-refractivity contribution is 6.02. The first-order chi connectivity index (χ1) is 12.6. The van der Waals surface area contributed by atoms with E-state index in [9.17, 15) is 14.9 Å². The maximum absolute atomic E-state index is 12.1. The van der Waals surface area contributed by atoms with E-state index in [2.05, 4.69) is 5.16 Å². The first-order valence-corrected chi connectivity index (χ1v) is 7.74. The molecule has 8 nitrogen and oxygen atoms in total. The summed E-state index contributed by atoms with van der Waals surface area (Å²) in [7, 11) is 0. The third-order valence-electron chi connectivity index (χ3n) is 3.45. The first kappa shape index (κ1) is 17.2. The lowest BCUT2D eigenvalue weighted by Crippen LogP contribution is -2.19. The number of carbonyl (C=O) groups is 1. The zero-order valence-corrected chi connectivity index (χ0v) is 13.7. The van der Waals surface area contributed by atoms with Gasteiger partial charge in [0.25, 0.3) is 17.3 Å². The Bertz CT molecular complexity index is 888. The molecule has 0 N–H and O–H groups in total. The lowest BCUT2D eigenvalue weighted by atomic mass is 10.1. The summed E-state index contributed by atoms with van der Waals surface area (Å²) in [5.74, 6) is -0.726. The molecule has 0 saturated heterocycles. The van der Waals surface area contributed by atoms with Gasteiger partial charge in [0.15, 0.2) is 5.76 Å². The highest BCUT2D eigenvalue weighted by Crippen LogP contribution is 2.29. The molecule has 0 atom stereocenters. The third kappa shape index (κ3) is 3.54. The number of esters is 1. The maximum Gasteiger partial charge on any atom is 0.381 e. The Morgan fingerprint density at radius 1 is 1.12 bits per heavy atom. The number of oxime groups is 1. The van der Waals surface area contributed by atoms with Crippen molar-refractivity contribution in [1.82, 2.24) is 0 Å². The standard InChI is InChI=1S/C18H14N2O6/c1-2-24-18(21)16-15(12-8-10-14(11-9-12)20(22)23)25-17(19-26-16)13-6-4-3-5-7-13/h3-11H,2H2,1H3. The van der Waals surface area contributed by atoms with Gasteiger partial charge in [0.2, 0.25) is 0 Å². The minimum Gasteiger partial charge on any atom is -0.460 e. The van der Waals surface area contributed by atoms with Gasteiger partial charge in [-0.15, -0.1) is 0 Å². The molecule has 132 valence electrons. The monoisotopic (exact) mass is 354 g/mol. The smallest absolute Gasteiger partial charge is 0.381 e. The van der Waals surface area contributed by atoms with Gasteiger partial charge >= 0.3 is 5.97 Å². The number of nitro benzene ring substituents is 1. The molecule has 26 heavy (non-hydrogen) atoms. The van der Waals surface area contributed by atoms with E-state index in [-0.39, 0.29) is 29.7 Å². The predicted molar refractivity (Wildman–Crippen MR) is 91.8 cm³/mol. The van der Waals surface area contributed by atoms with E-state index in [1.807, 2.05) is 6.07 Å². The molecule has 0 saturated carbocycles. The fraction of sp³-hybridized carbons (Fsp3) is 0.111. The molecule has 0 unspecified atom stereocenters. The quantitative estimate of drug-likeness (QED) is 0.464. The lowest BCUT2D eigenvalue weighted by Gasteiger charge is -2.19. The Morgan fingerprint density at radius 3 is 2.42 bits per heavy atom. The molecular weight excluding hydrogens is 340 g/mol. The van der Waals surface area contributed by atoms with Crippen LogP contribution in [0, 0.1) is 10.1 Å². The van der Waals surface area contributed by atoms with E-state index in [1.54, 1.807) is 31.2 Å². The van der Waals surface area contributed by atoms with Crippen molar-refractivity contribution in [2.24, 2.45) is 5.16 Å². The maximum atomic E-state index is 12.1. The number of hydrogen-bond donors (Lipinski definition) is 0. The second-order valence-electron chi connectivity index (χ2n) is 5.14. The van der Waals surface area contributed by atoms with Crippen LogP contribution in [0.2, 0.25) is 0 Å². The van der Waals surface area contributed by atoms with Crippen LogP contribution in [-0.4, -0.2) is 23.4 Å². The van der Waals surface area contributed by atoms with E-state index in [0.29, 0.717) is 11.1 Å². The highest BCUT2D eigenvalue weighted by atomic mass is 16.7. The van der Waals surface area contributed by atoms with E-state index in [0.717, 1.165) is 0 Å². The SMILES string of the molecule is CCOC(=O)C1=C(c2ccc([N+](=O)[O-])cc2)OC(c2ccccc2)=NO1. The van der Waals surface area contributed by atoms with Gasteiger partial charge in [0.1, 0.15) is 0 Å². The summed E-state index contributed by atoms with van der Waals surface area (Å²) >= 11 is 0. The molecule has 0 spiro atoms. The second kappa shape index (κ2) is 7.47. The van der Waals surface area contributed by atoms with Crippen LogP contribution < -0.4 is 0 Å². The molecule has 2 aromatic carbocycles. The zero-order valence-electron chi connectivity index (χ0n) is 13.7. The minimum absolute atomic E-state index is 0.0761. The molecule has 0 aromatic heterocycles.